The van der Waals surface area contributed by atoms with E-state index in [0.29, 0.717) is 24.5 Å². The van der Waals surface area contributed by atoms with Crippen LogP contribution in [0.5, 0.6) is 17.2 Å². The Morgan fingerprint density at radius 1 is 0.962 bits per heavy atom. The molecule has 0 atom stereocenters. The highest BCUT2D eigenvalue weighted by Crippen LogP contribution is 2.34. The summed E-state index contributed by atoms with van der Waals surface area (Å²) in [6.07, 6.45) is 0.663. The van der Waals surface area contributed by atoms with Crippen LogP contribution in [0.25, 0.3) is 16.7 Å². The van der Waals surface area contributed by atoms with Gasteiger partial charge in [0.2, 0.25) is 0 Å². The molecule has 1 aromatic heterocycles. The van der Waals surface area contributed by atoms with Gasteiger partial charge < -0.3 is 19.9 Å². The summed E-state index contributed by atoms with van der Waals surface area (Å²) in [5.74, 6) is 2.98. The van der Waals surface area contributed by atoms with E-state index in [1.54, 1.807) is 21.3 Å². The van der Waals surface area contributed by atoms with Crippen LogP contribution >= 0.6 is 24.8 Å². The number of methoxy groups -OCH3 is 3. The molecule has 1 heterocycles. The summed E-state index contributed by atoms with van der Waals surface area (Å²) < 4.78 is 18.2. The predicted molar refractivity (Wildman–Crippen MR) is 108 cm³/mol. The molecule has 6 nitrogen and oxygen atoms in total. The molecule has 2 aromatic carbocycles. The van der Waals surface area contributed by atoms with Gasteiger partial charge in [-0.15, -0.1) is 24.8 Å². The van der Waals surface area contributed by atoms with Crippen molar-refractivity contribution in [2.24, 2.45) is 5.73 Å². The fourth-order valence-corrected chi connectivity index (χ4v) is 2.79. The fraction of sp³-hybridized carbons (Fsp3) is 0.278. The fourth-order valence-electron chi connectivity index (χ4n) is 2.79. The van der Waals surface area contributed by atoms with Crippen LogP contribution in [0, 0.1) is 0 Å². The average Bonchev–Trinajstić information content (AvgIpc) is 2.97. The van der Waals surface area contributed by atoms with Gasteiger partial charge in [-0.3, -0.25) is 4.57 Å². The molecule has 0 aliphatic rings. The van der Waals surface area contributed by atoms with E-state index in [1.807, 2.05) is 36.4 Å². The van der Waals surface area contributed by atoms with Gasteiger partial charge in [-0.25, -0.2) is 4.98 Å². The van der Waals surface area contributed by atoms with Crippen LogP contribution in [0.15, 0.2) is 36.4 Å². The molecular formula is C18H23Cl2N3O3. The number of hydrogen-bond acceptors (Lipinski definition) is 5. The Kier molecular flexibility index (Phi) is 8.02. The lowest BCUT2D eigenvalue weighted by molar-refractivity contribution is 0.355. The number of halogens is 2. The molecule has 0 fully saturated rings. The monoisotopic (exact) mass is 399 g/mol. The van der Waals surface area contributed by atoms with Gasteiger partial charge in [-0.2, -0.15) is 0 Å². The molecule has 26 heavy (non-hydrogen) atoms. The molecule has 0 aliphatic heterocycles. The van der Waals surface area contributed by atoms with E-state index < -0.39 is 0 Å². The second-order valence-corrected chi connectivity index (χ2v) is 5.30. The minimum atomic E-state index is 0. The van der Waals surface area contributed by atoms with Crippen molar-refractivity contribution < 1.29 is 14.2 Å². The number of nitrogens with zero attached hydrogens (tertiary/aromatic N) is 2. The number of aromatic nitrogens is 2. The maximum atomic E-state index is 5.77. The minimum absolute atomic E-state index is 0. The van der Waals surface area contributed by atoms with Crippen molar-refractivity contribution in [2.75, 3.05) is 27.9 Å². The van der Waals surface area contributed by atoms with Gasteiger partial charge in [0.05, 0.1) is 38.1 Å². The van der Waals surface area contributed by atoms with Crippen molar-refractivity contribution in [3.05, 3.63) is 42.2 Å². The van der Waals surface area contributed by atoms with Crippen molar-refractivity contribution in [3.63, 3.8) is 0 Å². The van der Waals surface area contributed by atoms with Crippen LogP contribution in [0.3, 0.4) is 0 Å². The zero-order valence-electron chi connectivity index (χ0n) is 14.9. The Morgan fingerprint density at radius 2 is 1.65 bits per heavy atom. The summed E-state index contributed by atoms with van der Waals surface area (Å²) in [6, 6.07) is 11.7. The van der Waals surface area contributed by atoms with Crippen LogP contribution in [0.4, 0.5) is 0 Å². The third kappa shape index (κ3) is 3.98. The number of rotatable bonds is 6. The van der Waals surface area contributed by atoms with Crippen molar-refractivity contribution in [3.8, 4) is 22.9 Å². The highest BCUT2D eigenvalue weighted by atomic mass is 35.5. The van der Waals surface area contributed by atoms with E-state index in [9.17, 15) is 0 Å². The van der Waals surface area contributed by atoms with Crippen LogP contribution in [0.1, 0.15) is 5.82 Å². The van der Waals surface area contributed by atoms with E-state index >= 15 is 0 Å². The standard InChI is InChI=1S/C18H21N3O3.2ClH/c1-22-13-6-4-5-12(9-13)21-15-11-17(24-3)16(23-2)10-14(15)20-18(21)7-8-19;;/h4-6,9-11H,7-8,19H2,1-3H3;2*1H. The van der Waals surface area contributed by atoms with Gasteiger partial charge in [0, 0.05) is 24.6 Å². The second-order valence-electron chi connectivity index (χ2n) is 5.30. The van der Waals surface area contributed by atoms with Crippen molar-refractivity contribution in [1.29, 1.82) is 0 Å². The molecule has 0 amide bonds. The Bertz CT molecular complexity index is 868. The first-order valence-electron chi connectivity index (χ1n) is 7.69. The zero-order chi connectivity index (χ0) is 17.1. The molecule has 0 bridgehead atoms. The van der Waals surface area contributed by atoms with Gasteiger partial charge >= 0.3 is 0 Å². The first-order valence-corrected chi connectivity index (χ1v) is 7.69. The van der Waals surface area contributed by atoms with Gasteiger partial charge in [0.15, 0.2) is 11.5 Å². The number of nitrogens with two attached hydrogens (primary N) is 1. The summed E-state index contributed by atoms with van der Waals surface area (Å²) in [7, 11) is 4.89. The summed E-state index contributed by atoms with van der Waals surface area (Å²) >= 11 is 0. The highest BCUT2D eigenvalue weighted by Gasteiger charge is 2.16. The number of fused-ring (bicyclic) bond motifs is 1. The lowest BCUT2D eigenvalue weighted by Crippen LogP contribution is -2.09. The SMILES string of the molecule is COc1cccc(-n2c(CCN)nc3cc(OC)c(OC)cc32)c1.Cl.Cl. The van der Waals surface area contributed by atoms with Crippen molar-refractivity contribution in [1.82, 2.24) is 9.55 Å². The van der Waals surface area contributed by atoms with Crippen LogP contribution < -0.4 is 19.9 Å². The maximum absolute atomic E-state index is 5.77. The molecule has 0 aliphatic carbocycles. The topological polar surface area (TPSA) is 71.5 Å². The molecule has 142 valence electrons. The Balaban J connectivity index is 0.00000169. The third-order valence-electron chi connectivity index (χ3n) is 3.91. The summed E-state index contributed by atoms with van der Waals surface area (Å²) in [6.45, 7) is 0.515. The highest BCUT2D eigenvalue weighted by molar-refractivity contribution is 5.85. The largest absolute Gasteiger partial charge is 0.497 e. The Morgan fingerprint density at radius 3 is 2.27 bits per heavy atom. The molecule has 8 heteroatoms. The minimum Gasteiger partial charge on any atom is -0.497 e. The molecule has 2 N–H and O–H groups in total. The zero-order valence-corrected chi connectivity index (χ0v) is 16.5. The number of hydrogen-bond donors (Lipinski definition) is 1. The maximum Gasteiger partial charge on any atom is 0.163 e. The van der Waals surface area contributed by atoms with Crippen molar-refractivity contribution >= 4 is 35.8 Å². The first kappa shape index (κ1) is 21.9. The van der Waals surface area contributed by atoms with Crippen LogP contribution in [-0.2, 0) is 6.42 Å². The number of imidazole rings is 1. The summed E-state index contributed by atoms with van der Waals surface area (Å²) in [5.41, 5.74) is 8.50. The molecule has 0 radical (unpaired) electrons. The molecule has 0 unspecified atom stereocenters. The molecule has 0 spiro atoms. The third-order valence-corrected chi connectivity index (χ3v) is 3.91. The number of ether oxygens (including phenoxy) is 3. The quantitative estimate of drug-likeness (QED) is 0.687. The summed E-state index contributed by atoms with van der Waals surface area (Å²) in [5, 5.41) is 0. The lowest BCUT2D eigenvalue weighted by atomic mass is 10.2. The van der Waals surface area contributed by atoms with Crippen LogP contribution in [0.2, 0.25) is 0 Å². The van der Waals surface area contributed by atoms with Crippen molar-refractivity contribution in [2.45, 2.75) is 6.42 Å². The van der Waals surface area contributed by atoms with Gasteiger partial charge in [0.25, 0.3) is 0 Å². The molecule has 3 aromatic rings. The second kappa shape index (κ2) is 9.52. The van der Waals surface area contributed by atoms with E-state index in [0.717, 1.165) is 28.3 Å². The van der Waals surface area contributed by atoms with Gasteiger partial charge in [0.1, 0.15) is 11.6 Å². The number of benzene rings is 2. The molecule has 0 saturated heterocycles. The van der Waals surface area contributed by atoms with E-state index in [-0.39, 0.29) is 24.8 Å². The summed E-state index contributed by atoms with van der Waals surface area (Å²) in [4.78, 5) is 4.72. The Labute approximate surface area is 165 Å². The van der Waals surface area contributed by atoms with Gasteiger partial charge in [-0.1, -0.05) is 6.07 Å². The lowest BCUT2D eigenvalue weighted by Gasteiger charge is -2.12. The van der Waals surface area contributed by atoms with E-state index in [2.05, 4.69) is 4.57 Å². The Hall–Kier alpha value is -2.15. The van der Waals surface area contributed by atoms with Gasteiger partial charge in [-0.05, 0) is 18.7 Å². The predicted octanol–water partition coefficient (Wildman–Crippen LogP) is 3.40. The van der Waals surface area contributed by atoms with E-state index in [1.165, 1.54) is 0 Å². The van der Waals surface area contributed by atoms with Crippen LogP contribution in [-0.4, -0.2) is 37.4 Å². The van der Waals surface area contributed by atoms with E-state index in [4.69, 9.17) is 24.9 Å². The first-order chi connectivity index (χ1) is 11.7. The molecular weight excluding hydrogens is 377 g/mol. The normalized spacial score (nSPS) is 10.0. The molecule has 0 saturated carbocycles. The molecule has 3 rings (SSSR count). The smallest absolute Gasteiger partial charge is 0.163 e. The average molecular weight is 400 g/mol.